The Labute approximate surface area is 122 Å². The van der Waals surface area contributed by atoms with E-state index in [0.29, 0.717) is 13.2 Å². The average Bonchev–Trinajstić information content (AvgIpc) is 2.72. The van der Waals surface area contributed by atoms with Crippen molar-refractivity contribution in [1.82, 2.24) is 4.90 Å². The third-order valence-corrected chi connectivity index (χ3v) is 3.11. The Morgan fingerprint density at radius 2 is 2.05 bits per heavy atom. The lowest BCUT2D eigenvalue weighted by Crippen LogP contribution is -2.44. The first kappa shape index (κ1) is 17.4. The molecule has 1 rings (SSSR count). The van der Waals surface area contributed by atoms with Gasteiger partial charge >= 0.3 is 5.97 Å². The second-order valence-electron chi connectivity index (χ2n) is 6.72. The zero-order chi connectivity index (χ0) is 15.3. The summed E-state index contributed by atoms with van der Waals surface area (Å²) < 4.78 is 10.8. The van der Waals surface area contributed by atoms with Gasteiger partial charge in [0, 0.05) is 6.54 Å². The predicted octanol–water partition coefficient (Wildman–Crippen LogP) is 1.58. The Morgan fingerprint density at radius 3 is 2.60 bits per heavy atom. The minimum absolute atomic E-state index is 0.102. The SMILES string of the molecule is CC(C)OCC(O)CN1CCC[C@@H]1C(=O)OC(C)(C)C. The molecule has 118 valence electrons. The summed E-state index contributed by atoms with van der Waals surface area (Å²) in [6, 6.07) is -0.233. The minimum atomic E-state index is -0.569. The van der Waals surface area contributed by atoms with Gasteiger partial charge in [0.2, 0.25) is 0 Å². The first-order chi connectivity index (χ1) is 9.19. The van der Waals surface area contributed by atoms with E-state index in [2.05, 4.69) is 0 Å². The quantitative estimate of drug-likeness (QED) is 0.752. The van der Waals surface area contributed by atoms with E-state index in [4.69, 9.17) is 9.47 Å². The third-order valence-electron chi connectivity index (χ3n) is 3.11. The zero-order valence-corrected chi connectivity index (χ0v) is 13.4. The number of β-amino-alcohol motifs (C(OH)–C–C–N with tert-alkyl or cyclic N) is 1. The van der Waals surface area contributed by atoms with Crippen molar-refractivity contribution < 1.29 is 19.4 Å². The molecule has 0 amide bonds. The van der Waals surface area contributed by atoms with Crippen LogP contribution < -0.4 is 0 Å². The zero-order valence-electron chi connectivity index (χ0n) is 13.4. The highest BCUT2D eigenvalue weighted by Crippen LogP contribution is 2.21. The molecule has 1 aliphatic rings. The number of esters is 1. The normalized spacial score (nSPS) is 22.2. The molecule has 20 heavy (non-hydrogen) atoms. The standard InChI is InChI=1S/C15H29NO4/c1-11(2)19-10-12(17)9-16-8-6-7-13(16)14(18)20-15(3,4)5/h11-13,17H,6-10H2,1-5H3/t12?,13-/m1/s1. The van der Waals surface area contributed by atoms with Crippen molar-refractivity contribution in [3.8, 4) is 0 Å². The van der Waals surface area contributed by atoms with E-state index >= 15 is 0 Å². The molecule has 1 fully saturated rings. The lowest BCUT2D eigenvalue weighted by atomic mass is 10.1. The largest absolute Gasteiger partial charge is 0.459 e. The lowest BCUT2D eigenvalue weighted by molar-refractivity contribution is -0.160. The van der Waals surface area contributed by atoms with Crippen molar-refractivity contribution in [3.05, 3.63) is 0 Å². The van der Waals surface area contributed by atoms with E-state index in [0.717, 1.165) is 19.4 Å². The van der Waals surface area contributed by atoms with Gasteiger partial charge in [-0.25, -0.2) is 0 Å². The highest BCUT2D eigenvalue weighted by molar-refractivity contribution is 5.76. The van der Waals surface area contributed by atoms with Crippen molar-refractivity contribution in [3.63, 3.8) is 0 Å². The summed E-state index contributed by atoms with van der Waals surface area (Å²) in [7, 11) is 0. The van der Waals surface area contributed by atoms with E-state index in [9.17, 15) is 9.90 Å². The van der Waals surface area contributed by atoms with Crippen molar-refractivity contribution in [2.75, 3.05) is 19.7 Å². The topological polar surface area (TPSA) is 59.0 Å². The molecule has 0 aliphatic carbocycles. The molecule has 1 heterocycles. The number of nitrogens with zero attached hydrogens (tertiary/aromatic N) is 1. The molecule has 1 unspecified atom stereocenters. The van der Waals surface area contributed by atoms with Crippen LogP contribution in [0.5, 0.6) is 0 Å². The van der Waals surface area contributed by atoms with Crippen LogP contribution in [0.15, 0.2) is 0 Å². The van der Waals surface area contributed by atoms with Crippen molar-refractivity contribution >= 4 is 5.97 Å². The van der Waals surface area contributed by atoms with Gasteiger partial charge in [-0.3, -0.25) is 9.69 Å². The van der Waals surface area contributed by atoms with Crippen LogP contribution in [0, 0.1) is 0 Å². The molecular weight excluding hydrogens is 258 g/mol. The molecule has 0 bridgehead atoms. The minimum Gasteiger partial charge on any atom is -0.459 e. The third kappa shape index (κ3) is 6.20. The molecule has 0 spiro atoms. The highest BCUT2D eigenvalue weighted by Gasteiger charge is 2.34. The molecular formula is C15H29NO4. The van der Waals surface area contributed by atoms with Gasteiger partial charge in [0.05, 0.1) is 18.8 Å². The van der Waals surface area contributed by atoms with Gasteiger partial charge in [-0.05, 0) is 54.0 Å². The second-order valence-corrected chi connectivity index (χ2v) is 6.72. The highest BCUT2D eigenvalue weighted by atomic mass is 16.6. The van der Waals surface area contributed by atoms with E-state index in [1.54, 1.807) is 0 Å². The molecule has 0 radical (unpaired) electrons. The number of carbonyl (C=O) groups is 1. The molecule has 0 saturated carbocycles. The lowest BCUT2D eigenvalue weighted by Gasteiger charge is -2.28. The molecule has 1 aliphatic heterocycles. The van der Waals surface area contributed by atoms with Gasteiger partial charge in [0.1, 0.15) is 11.6 Å². The van der Waals surface area contributed by atoms with Gasteiger partial charge in [0.25, 0.3) is 0 Å². The fraction of sp³-hybridized carbons (Fsp3) is 0.933. The summed E-state index contributed by atoms with van der Waals surface area (Å²) in [6.45, 7) is 11.1. The molecule has 0 aromatic rings. The van der Waals surface area contributed by atoms with Crippen LogP contribution in [0.3, 0.4) is 0 Å². The van der Waals surface area contributed by atoms with E-state index < -0.39 is 11.7 Å². The maximum Gasteiger partial charge on any atom is 0.323 e. The van der Waals surface area contributed by atoms with Crippen molar-refractivity contribution in [1.29, 1.82) is 0 Å². The molecule has 0 aromatic carbocycles. The number of hydrogen-bond acceptors (Lipinski definition) is 5. The Balaban J connectivity index is 2.46. The van der Waals surface area contributed by atoms with Crippen molar-refractivity contribution in [2.24, 2.45) is 0 Å². The number of aliphatic hydroxyl groups excluding tert-OH is 1. The number of hydrogen-bond donors (Lipinski definition) is 1. The smallest absolute Gasteiger partial charge is 0.323 e. The number of aliphatic hydroxyl groups is 1. The fourth-order valence-electron chi connectivity index (χ4n) is 2.31. The Hall–Kier alpha value is -0.650. The summed E-state index contributed by atoms with van der Waals surface area (Å²) in [5.41, 5.74) is -0.468. The molecule has 1 N–H and O–H groups in total. The Bertz CT molecular complexity index is 311. The maximum atomic E-state index is 12.1. The number of likely N-dealkylation sites (tertiary alicyclic amines) is 1. The molecule has 2 atom stereocenters. The van der Waals surface area contributed by atoms with Crippen molar-refractivity contribution in [2.45, 2.75) is 71.3 Å². The Morgan fingerprint density at radius 1 is 1.40 bits per heavy atom. The first-order valence-corrected chi connectivity index (χ1v) is 7.45. The number of rotatable bonds is 6. The monoisotopic (exact) mass is 287 g/mol. The molecule has 5 nitrogen and oxygen atoms in total. The van der Waals surface area contributed by atoms with E-state index in [-0.39, 0.29) is 18.1 Å². The van der Waals surface area contributed by atoms with Crippen LogP contribution in [-0.2, 0) is 14.3 Å². The van der Waals surface area contributed by atoms with Crippen LogP contribution >= 0.6 is 0 Å². The average molecular weight is 287 g/mol. The second kappa shape index (κ2) is 7.38. The van der Waals surface area contributed by atoms with Gasteiger partial charge in [-0.2, -0.15) is 0 Å². The number of carbonyl (C=O) groups excluding carboxylic acids is 1. The molecule has 5 heteroatoms. The fourth-order valence-corrected chi connectivity index (χ4v) is 2.31. The van der Waals surface area contributed by atoms with Crippen LogP contribution in [0.4, 0.5) is 0 Å². The number of ether oxygens (including phenoxy) is 2. The van der Waals surface area contributed by atoms with Gasteiger partial charge < -0.3 is 14.6 Å². The van der Waals surface area contributed by atoms with Crippen LogP contribution in [0.1, 0.15) is 47.5 Å². The molecule has 1 saturated heterocycles. The predicted molar refractivity (Wildman–Crippen MR) is 77.5 cm³/mol. The summed E-state index contributed by atoms with van der Waals surface area (Å²) in [5, 5.41) is 9.97. The first-order valence-electron chi connectivity index (χ1n) is 7.45. The van der Waals surface area contributed by atoms with E-state index in [1.807, 2.05) is 39.5 Å². The van der Waals surface area contributed by atoms with Crippen LogP contribution in [0.25, 0.3) is 0 Å². The van der Waals surface area contributed by atoms with Crippen LogP contribution in [-0.4, -0.2) is 59.5 Å². The summed E-state index contributed by atoms with van der Waals surface area (Å²) >= 11 is 0. The Kier molecular flexibility index (Phi) is 6.43. The van der Waals surface area contributed by atoms with Crippen LogP contribution in [0.2, 0.25) is 0 Å². The maximum absolute atomic E-state index is 12.1. The van der Waals surface area contributed by atoms with Gasteiger partial charge in [-0.15, -0.1) is 0 Å². The van der Waals surface area contributed by atoms with Gasteiger partial charge in [0.15, 0.2) is 0 Å². The summed E-state index contributed by atoms with van der Waals surface area (Å²) in [5.74, 6) is -0.188. The van der Waals surface area contributed by atoms with Gasteiger partial charge in [-0.1, -0.05) is 0 Å². The molecule has 0 aromatic heterocycles. The summed E-state index contributed by atoms with van der Waals surface area (Å²) in [4.78, 5) is 14.1. The summed E-state index contributed by atoms with van der Waals surface area (Å²) in [6.07, 6.45) is 1.29. The van der Waals surface area contributed by atoms with E-state index in [1.165, 1.54) is 0 Å².